The Morgan fingerprint density at radius 2 is 2.29 bits per heavy atom. The minimum Gasteiger partial charge on any atom is -0.496 e. The highest BCUT2D eigenvalue weighted by molar-refractivity contribution is 6.31. The standard InChI is InChI=1S/C17H27ClN2O/c1-3-4-11-20(12-14-7-6-10-19-14)13-15-16(18)8-5-9-17(15)21-2/h5,8-9,14,19H,3-4,6-7,10-13H2,1-2H3. The van der Waals surface area contributed by atoms with E-state index in [0.29, 0.717) is 6.04 Å². The van der Waals surface area contributed by atoms with Gasteiger partial charge in [0, 0.05) is 29.7 Å². The number of methoxy groups -OCH3 is 1. The Morgan fingerprint density at radius 3 is 2.95 bits per heavy atom. The molecule has 2 rings (SSSR count). The molecule has 1 unspecified atom stereocenters. The van der Waals surface area contributed by atoms with Crippen molar-refractivity contribution in [1.29, 1.82) is 0 Å². The van der Waals surface area contributed by atoms with Crippen LogP contribution < -0.4 is 10.1 Å². The molecule has 1 aliphatic rings. The number of unbranched alkanes of at least 4 members (excludes halogenated alkanes) is 1. The van der Waals surface area contributed by atoms with Crippen LogP contribution >= 0.6 is 11.6 Å². The first-order valence-corrected chi connectivity index (χ1v) is 8.39. The first kappa shape index (κ1) is 16.6. The van der Waals surface area contributed by atoms with Crippen LogP contribution in [0.5, 0.6) is 5.75 Å². The van der Waals surface area contributed by atoms with Crippen molar-refractivity contribution in [2.24, 2.45) is 0 Å². The fourth-order valence-corrected chi connectivity index (χ4v) is 3.17. The van der Waals surface area contributed by atoms with E-state index in [1.165, 1.54) is 25.7 Å². The lowest BCUT2D eigenvalue weighted by Crippen LogP contribution is -2.37. The van der Waals surface area contributed by atoms with Crippen molar-refractivity contribution in [3.63, 3.8) is 0 Å². The fraction of sp³-hybridized carbons (Fsp3) is 0.647. The quantitative estimate of drug-likeness (QED) is 0.792. The summed E-state index contributed by atoms with van der Waals surface area (Å²) in [5, 5.41) is 4.39. The number of rotatable bonds is 8. The maximum absolute atomic E-state index is 6.38. The van der Waals surface area contributed by atoms with Crippen molar-refractivity contribution in [1.82, 2.24) is 10.2 Å². The van der Waals surface area contributed by atoms with Gasteiger partial charge < -0.3 is 10.1 Å². The Kier molecular flexibility index (Phi) is 6.81. The van der Waals surface area contributed by atoms with Gasteiger partial charge in [-0.15, -0.1) is 0 Å². The van der Waals surface area contributed by atoms with Gasteiger partial charge >= 0.3 is 0 Å². The van der Waals surface area contributed by atoms with Crippen molar-refractivity contribution in [3.8, 4) is 5.75 Å². The third kappa shape index (κ3) is 4.87. The summed E-state index contributed by atoms with van der Waals surface area (Å²) in [7, 11) is 1.71. The van der Waals surface area contributed by atoms with E-state index < -0.39 is 0 Å². The molecule has 0 aromatic heterocycles. The number of nitrogens with zero attached hydrogens (tertiary/aromatic N) is 1. The van der Waals surface area contributed by atoms with Gasteiger partial charge in [-0.05, 0) is 44.5 Å². The third-order valence-electron chi connectivity index (χ3n) is 4.15. The van der Waals surface area contributed by atoms with E-state index in [9.17, 15) is 0 Å². The van der Waals surface area contributed by atoms with Gasteiger partial charge in [-0.1, -0.05) is 31.0 Å². The Morgan fingerprint density at radius 1 is 1.43 bits per heavy atom. The van der Waals surface area contributed by atoms with Crippen molar-refractivity contribution < 1.29 is 4.74 Å². The van der Waals surface area contributed by atoms with Crippen LogP contribution in [0.3, 0.4) is 0 Å². The molecule has 4 heteroatoms. The number of ether oxygens (including phenoxy) is 1. The average molecular weight is 311 g/mol. The molecule has 1 heterocycles. The van der Waals surface area contributed by atoms with Crippen LogP contribution in [0.25, 0.3) is 0 Å². The highest BCUT2D eigenvalue weighted by atomic mass is 35.5. The summed E-state index contributed by atoms with van der Waals surface area (Å²) in [6.45, 7) is 6.46. The summed E-state index contributed by atoms with van der Waals surface area (Å²) < 4.78 is 5.47. The topological polar surface area (TPSA) is 24.5 Å². The Labute approximate surface area is 133 Å². The molecule has 1 fully saturated rings. The van der Waals surface area contributed by atoms with Crippen LogP contribution in [0.1, 0.15) is 38.2 Å². The minimum atomic E-state index is 0.621. The number of benzene rings is 1. The molecular weight excluding hydrogens is 284 g/mol. The van der Waals surface area contributed by atoms with E-state index in [1.54, 1.807) is 7.11 Å². The molecule has 1 aromatic rings. The summed E-state index contributed by atoms with van der Waals surface area (Å²) in [5.41, 5.74) is 1.11. The first-order valence-electron chi connectivity index (χ1n) is 8.01. The lowest BCUT2D eigenvalue weighted by Gasteiger charge is -2.26. The molecular formula is C17H27ClN2O. The molecule has 21 heavy (non-hydrogen) atoms. The van der Waals surface area contributed by atoms with Crippen LogP contribution in [0.15, 0.2) is 18.2 Å². The van der Waals surface area contributed by atoms with Crippen molar-refractivity contribution >= 4 is 11.6 Å². The molecule has 0 radical (unpaired) electrons. The van der Waals surface area contributed by atoms with Crippen LogP contribution in [0.4, 0.5) is 0 Å². The van der Waals surface area contributed by atoms with Gasteiger partial charge in [0.1, 0.15) is 5.75 Å². The second-order valence-electron chi connectivity index (χ2n) is 5.80. The zero-order chi connectivity index (χ0) is 15.1. The van der Waals surface area contributed by atoms with Crippen LogP contribution in [0.2, 0.25) is 5.02 Å². The third-order valence-corrected chi connectivity index (χ3v) is 4.50. The summed E-state index contributed by atoms with van der Waals surface area (Å²) in [4.78, 5) is 2.51. The van der Waals surface area contributed by atoms with Crippen LogP contribution in [0, 0.1) is 0 Å². The molecule has 1 atom stereocenters. The van der Waals surface area contributed by atoms with Crippen LogP contribution in [-0.4, -0.2) is 37.7 Å². The van der Waals surface area contributed by atoms with Gasteiger partial charge in [0.05, 0.1) is 7.11 Å². The molecule has 0 amide bonds. The lowest BCUT2D eigenvalue weighted by molar-refractivity contribution is 0.234. The molecule has 0 saturated carbocycles. The molecule has 1 aromatic carbocycles. The molecule has 1 N–H and O–H groups in total. The molecule has 3 nitrogen and oxygen atoms in total. The van der Waals surface area contributed by atoms with E-state index in [2.05, 4.69) is 17.1 Å². The van der Waals surface area contributed by atoms with Gasteiger partial charge in [0.2, 0.25) is 0 Å². The molecule has 1 saturated heterocycles. The normalized spacial score (nSPS) is 18.4. The molecule has 1 aliphatic heterocycles. The Hall–Kier alpha value is -0.770. The van der Waals surface area contributed by atoms with Gasteiger partial charge in [0.25, 0.3) is 0 Å². The van der Waals surface area contributed by atoms with E-state index in [-0.39, 0.29) is 0 Å². The smallest absolute Gasteiger partial charge is 0.124 e. The maximum Gasteiger partial charge on any atom is 0.124 e. The molecule has 0 aliphatic carbocycles. The second kappa shape index (κ2) is 8.62. The van der Waals surface area contributed by atoms with Crippen molar-refractivity contribution in [2.75, 3.05) is 26.7 Å². The minimum absolute atomic E-state index is 0.621. The molecule has 0 bridgehead atoms. The van der Waals surface area contributed by atoms with E-state index in [0.717, 1.165) is 42.5 Å². The Balaban J connectivity index is 2.06. The van der Waals surface area contributed by atoms with E-state index >= 15 is 0 Å². The van der Waals surface area contributed by atoms with Crippen LogP contribution in [-0.2, 0) is 6.54 Å². The monoisotopic (exact) mass is 310 g/mol. The predicted molar refractivity (Wildman–Crippen MR) is 89.2 cm³/mol. The maximum atomic E-state index is 6.38. The number of hydrogen-bond acceptors (Lipinski definition) is 3. The van der Waals surface area contributed by atoms with E-state index in [1.807, 2.05) is 18.2 Å². The summed E-state index contributed by atoms with van der Waals surface area (Å²) in [6.07, 6.45) is 5.01. The average Bonchev–Trinajstić information content (AvgIpc) is 2.99. The fourth-order valence-electron chi connectivity index (χ4n) is 2.95. The number of halogens is 1. The number of nitrogens with one attached hydrogen (secondary N) is 1. The summed E-state index contributed by atoms with van der Waals surface area (Å²) in [5.74, 6) is 0.892. The van der Waals surface area contributed by atoms with Crippen molar-refractivity contribution in [2.45, 2.75) is 45.2 Å². The summed E-state index contributed by atoms with van der Waals surface area (Å²) >= 11 is 6.38. The van der Waals surface area contributed by atoms with Crippen molar-refractivity contribution in [3.05, 3.63) is 28.8 Å². The van der Waals surface area contributed by atoms with Gasteiger partial charge in [0.15, 0.2) is 0 Å². The Bertz CT molecular complexity index is 433. The van der Waals surface area contributed by atoms with Gasteiger partial charge in [-0.25, -0.2) is 0 Å². The first-order chi connectivity index (χ1) is 10.2. The molecule has 0 spiro atoms. The number of hydrogen-bond donors (Lipinski definition) is 1. The highest BCUT2D eigenvalue weighted by Crippen LogP contribution is 2.28. The van der Waals surface area contributed by atoms with Gasteiger partial charge in [-0.2, -0.15) is 0 Å². The van der Waals surface area contributed by atoms with E-state index in [4.69, 9.17) is 16.3 Å². The SMILES string of the molecule is CCCCN(Cc1c(Cl)cccc1OC)CC1CCCN1. The predicted octanol–water partition coefficient (Wildman–Crippen LogP) is 3.70. The summed E-state index contributed by atoms with van der Waals surface area (Å²) in [6, 6.07) is 6.51. The highest BCUT2D eigenvalue weighted by Gasteiger charge is 2.19. The zero-order valence-corrected chi connectivity index (χ0v) is 14.0. The molecule has 118 valence electrons. The lowest BCUT2D eigenvalue weighted by atomic mass is 10.1. The van der Waals surface area contributed by atoms with Gasteiger partial charge in [-0.3, -0.25) is 4.90 Å². The largest absolute Gasteiger partial charge is 0.496 e. The zero-order valence-electron chi connectivity index (χ0n) is 13.2. The second-order valence-corrected chi connectivity index (χ2v) is 6.21.